The second-order valence-electron chi connectivity index (χ2n) is 6.71. The molecule has 2 aromatic carbocycles. The molecule has 1 aliphatic rings. The maximum atomic E-state index is 12.4. The van der Waals surface area contributed by atoms with Gasteiger partial charge in [-0.1, -0.05) is 30.3 Å². The number of likely N-dealkylation sites (tertiary alicyclic amines) is 1. The fraction of sp³-hybridized carbons (Fsp3) is 0.333. The Balaban J connectivity index is 1.46. The first-order valence-electron chi connectivity index (χ1n) is 9.47. The first-order valence-corrected chi connectivity index (χ1v) is 9.47. The maximum Gasteiger partial charge on any atom is 0.317 e. The van der Waals surface area contributed by atoms with Gasteiger partial charge in [0.1, 0.15) is 11.5 Å². The van der Waals surface area contributed by atoms with E-state index >= 15 is 0 Å². The fourth-order valence-corrected chi connectivity index (χ4v) is 3.12. The van der Waals surface area contributed by atoms with E-state index in [1.165, 1.54) is 0 Å². The van der Waals surface area contributed by atoms with Crippen molar-refractivity contribution >= 4 is 12.1 Å². The van der Waals surface area contributed by atoms with E-state index in [9.17, 15) is 9.59 Å². The second-order valence-corrected chi connectivity index (χ2v) is 6.71. The Bertz CT molecular complexity index is 789. The molecule has 0 aliphatic carbocycles. The molecule has 0 spiro atoms. The molecular weight excluding hydrogens is 356 g/mol. The summed E-state index contributed by atoms with van der Waals surface area (Å²) in [5.74, 6) is 1.51. The van der Waals surface area contributed by atoms with Gasteiger partial charge in [0.2, 0.25) is 0 Å². The van der Waals surface area contributed by atoms with Crippen LogP contribution >= 0.6 is 0 Å². The number of rotatable bonds is 5. The fourth-order valence-electron chi connectivity index (χ4n) is 3.12. The van der Waals surface area contributed by atoms with Gasteiger partial charge in [0.25, 0.3) is 0 Å². The van der Waals surface area contributed by atoms with Crippen LogP contribution in [0.4, 0.5) is 9.59 Å². The minimum absolute atomic E-state index is 0.0900. The molecule has 1 aliphatic heterocycles. The van der Waals surface area contributed by atoms with Crippen molar-refractivity contribution in [2.24, 2.45) is 0 Å². The number of ether oxygens (including phenoxy) is 1. The smallest absolute Gasteiger partial charge is 0.317 e. The van der Waals surface area contributed by atoms with Gasteiger partial charge in [-0.05, 0) is 42.7 Å². The van der Waals surface area contributed by atoms with E-state index in [0.717, 1.165) is 29.9 Å². The number of nitrogens with zero attached hydrogens (tertiary/aromatic N) is 1. The Hall–Kier alpha value is -3.22. The minimum Gasteiger partial charge on any atom is -0.457 e. The Morgan fingerprint density at radius 2 is 1.75 bits per heavy atom. The number of amides is 4. The van der Waals surface area contributed by atoms with Gasteiger partial charge in [-0.3, -0.25) is 0 Å². The molecule has 4 amide bonds. The maximum absolute atomic E-state index is 12.4. The molecule has 1 heterocycles. The molecule has 0 unspecified atom stereocenters. The lowest BCUT2D eigenvalue weighted by molar-refractivity contribution is 0.176. The third-order valence-corrected chi connectivity index (χ3v) is 4.67. The van der Waals surface area contributed by atoms with Crippen LogP contribution in [0.5, 0.6) is 11.5 Å². The normalized spacial score (nSPS) is 14.2. The molecule has 3 rings (SSSR count). The van der Waals surface area contributed by atoms with Gasteiger partial charge in [-0.15, -0.1) is 0 Å². The third-order valence-electron chi connectivity index (χ3n) is 4.67. The summed E-state index contributed by atoms with van der Waals surface area (Å²) in [6.45, 7) is 1.68. The van der Waals surface area contributed by atoms with Crippen molar-refractivity contribution in [1.82, 2.24) is 20.9 Å². The van der Waals surface area contributed by atoms with Crippen LogP contribution < -0.4 is 20.7 Å². The summed E-state index contributed by atoms with van der Waals surface area (Å²) in [4.78, 5) is 25.6. The number of nitrogens with one attached hydrogen (secondary N) is 3. The first kappa shape index (κ1) is 19.5. The lowest BCUT2D eigenvalue weighted by Gasteiger charge is -2.32. The molecule has 0 atom stereocenters. The van der Waals surface area contributed by atoms with Crippen molar-refractivity contribution in [2.75, 3.05) is 20.1 Å². The van der Waals surface area contributed by atoms with Crippen molar-refractivity contribution in [2.45, 2.75) is 25.4 Å². The van der Waals surface area contributed by atoms with Crippen molar-refractivity contribution in [3.63, 3.8) is 0 Å². The van der Waals surface area contributed by atoms with E-state index in [-0.39, 0.29) is 18.1 Å². The zero-order valence-electron chi connectivity index (χ0n) is 16.0. The van der Waals surface area contributed by atoms with E-state index in [1.807, 2.05) is 54.6 Å². The Morgan fingerprint density at radius 3 is 2.46 bits per heavy atom. The molecule has 2 aromatic rings. The molecule has 28 heavy (non-hydrogen) atoms. The molecule has 3 N–H and O–H groups in total. The van der Waals surface area contributed by atoms with Gasteiger partial charge in [0.15, 0.2) is 0 Å². The molecule has 7 nitrogen and oxygen atoms in total. The van der Waals surface area contributed by atoms with E-state index in [1.54, 1.807) is 11.9 Å². The second kappa shape index (κ2) is 9.64. The number of hydrogen-bond acceptors (Lipinski definition) is 3. The van der Waals surface area contributed by atoms with Crippen LogP contribution in [-0.4, -0.2) is 43.1 Å². The van der Waals surface area contributed by atoms with E-state index < -0.39 is 0 Å². The van der Waals surface area contributed by atoms with Crippen LogP contribution in [0.25, 0.3) is 0 Å². The molecule has 0 radical (unpaired) electrons. The molecule has 0 bridgehead atoms. The Kier molecular flexibility index (Phi) is 6.73. The SMILES string of the molecule is CNC(=O)NC1CCN(C(=O)NCc2cccc(Oc3ccccc3)c2)CC1. The molecule has 7 heteroatoms. The lowest BCUT2D eigenvalue weighted by atomic mass is 10.1. The highest BCUT2D eigenvalue weighted by molar-refractivity contribution is 5.75. The lowest BCUT2D eigenvalue weighted by Crippen LogP contribution is -2.50. The predicted octanol–water partition coefficient (Wildman–Crippen LogP) is 3.08. The van der Waals surface area contributed by atoms with Crippen molar-refractivity contribution in [3.05, 3.63) is 60.2 Å². The van der Waals surface area contributed by atoms with E-state index in [0.29, 0.717) is 19.6 Å². The van der Waals surface area contributed by atoms with Crippen LogP contribution in [0.2, 0.25) is 0 Å². The largest absolute Gasteiger partial charge is 0.457 e. The number of benzene rings is 2. The summed E-state index contributed by atoms with van der Waals surface area (Å²) in [5, 5.41) is 8.40. The Morgan fingerprint density at radius 1 is 1.04 bits per heavy atom. The van der Waals surface area contributed by atoms with E-state index in [4.69, 9.17) is 4.74 Å². The number of urea groups is 2. The summed E-state index contributed by atoms with van der Waals surface area (Å²) < 4.78 is 5.83. The number of piperidine rings is 1. The summed E-state index contributed by atoms with van der Waals surface area (Å²) in [7, 11) is 1.60. The summed E-state index contributed by atoms with van der Waals surface area (Å²) in [6, 6.07) is 17.1. The van der Waals surface area contributed by atoms with Crippen molar-refractivity contribution in [3.8, 4) is 11.5 Å². The average Bonchev–Trinajstić information content (AvgIpc) is 2.73. The average molecular weight is 382 g/mol. The predicted molar refractivity (Wildman–Crippen MR) is 107 cm³/mol. The molecular formula is C21H26N4O3. The topological polar surface area (TPSA) is 82.7 Å². The summed E-state index contributed by atoms with van der Waals surface area (Å²) in [6.07, 6.45) is 1.50. The molecule has 0 saturated carbocycles. The van der Waals surface area contributed by atoms with Crippen LogP contribution in [-0.2, 0) is 6.54 Å². The highest BCUT2D eigenvalue weighted by Gasteiger charge is 2.23. The van der Waals surface area contributed by atoms with Gasteiger partial charge in [0, 0.05) is 32.7 Å². The number of hydrogen-bond donors (Lipinski definition) is 3. The van der Waals surface area contributed by atoms with Gasteiger partial charge >= 0.3 is 12.1 Å². The molecule has 1 fully saturated rings. The molecule has 148 valence electrons. The summed E-state index contributed by atoms with van der Waals surface area (Å²) in [5.41, 5.74) is 0.970. The van der Waals surface area contributed by atoms with Gasteiger partial charge in [0.05, 0.1) is 0 Å². The highest BCUT2D eigenvalue weighted by atomic mass is 16.5. The van der Waals surface area contributed by atoms with E-state index in [2.05, 4.69) is 16.0 Å². The standard InChI is InChI=1S/C21H26N4O3/c1-22-20(26)24-17-10-12-25(13-11-17)21(27)23-15-16-6-5-9-19(14-16)28-18-7-3-2-4-8-18/h2-9,14,17H,10-13,15H2,1H3,(H,23,27)(H2,22,24,26). The van der Waals surface area contributed by atoms with Crippen molar-refractivity contribution < 1.29 is 14.3 Å². The van der Waals surface area contributed by atoms with Crippen molar-refractivity contribution in [1.29, 1.82) is 0 Å². The highest BCUT2D eigenvalue weighted by Crippen LogP contribution is 2.21. The van der Waals surface area contributed by atoms with Crippen LogP contribution in [0.1, 0.15) is 18.4 Å². The zero-order chi connectivity index (χ0) is 19.8. The quantitative estimate of drug-likeness (QED) is 0.743. The summed E-state index contributed by atoms with van der Waals surface area (Å²) >= 11 is 0. The van der Waals surface area contributed by atoms with Crippen LogP contribution in [0, 0.1) is 0 Å². The van der Waals surface area contributed by atoms with Crippen LogP contribution in [0.15, 0.2) is 54.6 Å². The zero-order valence-corrected chi connectivity index (χ0v) is 16.0. The van der Waals surface area contributed by atoms with Crippen LogP contribution in [0.3, 0.4) is 0 Å². The van der Waals surface area contributed by atoms with Gasteiger partial charge < -0.3 is 25.6 Å². The molecule has 1 saturated heterocycles. The Labute approximate surface area is 165 Å². The number of carbonyl (C=O) groups excluding carboxylic acids is 2. The minimum atomic E-state index is -0.180. The van der Waals surface area contributed by atoms with Gasteiger partial charge in [-0.2, -0.15) is 0 Å². The number of para-hydroxylation sites is 1. The molecule has 0 aromatic heterocycles. The monoisotopic (exact) mass is 382 g/mol. The first-order chi connectivity index (χ1) is 13.6. The third kappa shape index (κ3) is 5.64. The van der Waals surface area contributed by atoms with Gasteiger partial charge in [-0.25, -0.2) is 9.59 Å². The number of carbonyl (C=O) groups is 2.